The summed E-state index contributed by atoms with van der Waals surface area (Å²) in [6, 6.07) is -3.12. The molecule has 1 saturated heterocycles. The quantitative estimate of drug-likeness (QED) is 0.367. The van der Waals surface area contributed by atoms with Crippen molar-refractivity contribution >= 4 is 29.5 Å². The number of ketones is 1. The number of amides is 5. The second-order valence-corrected chi connectivity index (χ2v) is 13.5. The number of likely N-dealkylation sites (tertiary alicyclic amines) is 1. The average Bonchev–Trinajstić information content (AvgIpc) is 3.55. The van der Waals surface area contributed by atoms with Gasteiger partial charge in [-0.1, -0.05) is 47.5 Å². The first-order valence-corrected chi connectivity index (χ1v) is 12.9. The number of nitrogens with zero attached hydrogens (tertiary/aromatic N) is 1. The van der Waals surface area contributed by atoms with Crippen LogP contribution in [0.4, 0.5) is 4.79 Å². The van der Waals surface area contributed by atoms with Gasteiger partial charge in [0.1, 0.15) is 12.1 Å². The summed E-state index contributed by atoms with van der Waals surface area (Å²) in [6.45, 7) is 15.7. The van der Waals surface area contributed by atoms with Gasteiger partial charge in [0.2, 0.25) is 17.6 Å². The second-order valence-electron chi connectivity index (χ2n) is 13.5. The van der Waals surface area contributed by atoms with E-state index in [1.807, 2.05) is 41.5 Å². The minimum absolute atomic E-state index is 0.0734. The number of nitrogens with two attached hydrogens (primary N) is 1. The van der Waals surface area contributed by atoms with Crippen molar-refractivity contribution in [1.82, 2.24) is 20.9 Å². The van der Waals surface area contributed by atoms with Gasteiger partial charge >= 0.3 is 6.03 Å². The average molecular weight is 506 g/mol. The third-order valence-electron chi connectivity index (χ3n) is 7.78. The van der Waals surface area contributed by atoms with Crippen molar-refractivity contribution in [3.05, 3.63) is 0 Å². The number of carbonyl (C=O) groups excluding carboxylic acids is 5. The molecule has 10 nitrogen and oxygen atoms in total. The predicted molar refractivity (Wildman–Crippen MR) is 134 cm³/mol. The highest BCUT2D eigenvalue weighted by molar-refractivity contribution is 6.37. The number of nitrogens with one attached hydrogen (secondary N) is 3. The SMILES string of the molecule is CC(C)(C)NC(=O)N[C@H](C(=O)N1C[C@H]2[C@@H]([C@H]1C(=O)N[C@H](CC1CC1)C(=O)C(N)=O)C2(C)C)C(C)(C)C. The molecule has 3 aliphatic rings. The molecule has 2 saturated carbocycles. The van der Waals surface area contributed by atoms with Crippen LogP contribution in [-0.4, -0.2) is 64.6 Å². The maximum Gasteiger partial charge on any atom is 0.315 e. The van der Waals surface area contributed by atoms with Crippen LogP contribution in [0, 0.1) is 28.6 Å². The Labute approximate surface area is 213 Å². The molecule has 3 rings (SSSR count). The summed E-state index contributed by atoms with van der Waals surface area (Å²) in [5.41, 5.74) is 4.01. The lowest BCUT2D eigenvalue weighted by Gasteiger charge is -2.38. The van der Waals surface area contributed by atoms with E-state index in [4.69, 9.17) is 5.73 Å². The normalized spacial score (nSPS) is 26.3. The van der Waals surface area contributed by atoms with E-state index in [-0.39, 0.29) is 29.1 Å². The summed E-state index contributed by atoms with van der Waals surface area (Å²) in [4.78, 5) is 65.7. The van der Waals surface area contributed by atoms with Gasteiger partial charge in [0.25, 0.3) is 5.91 Å². The monoisotopic (exact) mass is 505 g/mol. The van der Waals surface area contributed by atoms with Crippen LogP contribution in [0.15, 0.2) is 0 Å². The molecule has 5 atom stereocenters. The van der Waals surface area contributed by atoms with Crippen molar-refractivity contribution in [3.8, 4) is 0 Å². The summed E-state index contributed by atoms with van der Waals surface area (Å²) >= 11 is 0. The van der Waals surface area contributed by atoms with E-state index >= 15 is 0 Å². The van der Waals surface area contributed by atoms with Crippen molar-refractivity contribution in [2.24, 2.45) is 34.3 Å². The Morgan fingerprint density at radius 2 is 1.58 bits per heavy atom. The van der Waals surface area contributed by atoms with Gasteiger partial charge in [0, 0.05) is 12.1 Å². The molecular weight excluding hydrogens is 462 g/mol. The number of hydrogen-bond donors (Lipinski definition) is 4. The van der Waals surface area contributed by atoms with Crippen LogP contribution in [0.3, 0.4) is 0 Å². The molecule has 0 aromatic heterocycles. The van der Waals surface area contributed by atoms with Gasteiger partial charge in [0.15, 0.2) is 0 Å². The second kappa shape index (κ2) is 9.34. The molecule has 0 spiro atoms. The number of hydrogen-bond acceptors (Lipinski definition) is 5. The zero-order valence-electron chi connectivity index (χ0n) is 22.9. The number of primary amides is 1. The van der Waals surface area contributed by atoms with E-state index in [1.54, 1.807) is 4.90 Å². The molecule has 1 aliphatic heterocycles. The summed E-state index contributed by atoms with van der Waals surface area (Å²) < 4.78 is 0. The van der Waals surface area contributed by atoms with Gasteiger partial charge < -0.3 is 26.6 Å². The van der Waals surface area contributed by atoms with Crippen molar-refractivity contribution in [2.75, 3.05) is 6.54 Å². The molecule has 2 aliphatic carbocycles. The minimum atomic E-state index is -1.08. The summed E-state index contributed by atoms with van der Waals surface area (Å²) in [7, 11) is 0. The van der Waals surface area contributed by atoms with Gasteiger partial charge in [-0.15, -0.1) is 0 Å². The van der Waals surface area contributed by atoms with Crippen molar-refractivity contribution in [2.45, 2.75) is 98.3 Å². The summed E-state index contributed by atoms with van der Waals surface area (Å²) in [5.74, 6) is -2.34. The fourth-order valence-electron chi connectivity index (χ4n) is 5.48. The molecule has 0 bridgehead atoms. The molecule has 3 fully saturated rings. The van der Waals surface area contributed by atoms with Crippen LogP contribution in [-0.2, 0) is 19.2 Å². The van der Waals surface area contributed by atoms with Crippen molar-refractivity contribution < 1.29 is 24.0 Å². The Morgan fingerprint density at radius 1 is 1.00 bits per heavy atom. The highest BCUT2D eigenvalue weighted by Gasteiger charge is 2.70. The molecule has 202 valence electrons. The number of fused-ring (bicyclic) bond motifs is 1. The van der Waals surface area contributed by atoms with E-state index in [2.05, 4.69) is 29.8 Å². The Kier molecular flexibility index (Phi) is 7.24. The largest absolute Gasteiger partial charge is 0.363 e. The Morgan fingerprint density at radius 3 is 2.06 bits per heavy atom. The third-order valence-corrected chi connectivity index (χ3v) is 7.78. The molecule has 0 aromatic carbocycles. The zero-order valence-corrected chi connectivity index (χ0v) is 22.9. The number of carbonyl (C=O) groups is 5. The summed E-state index contributed by atoms with van der Waals surface area (Å²) in [6.07, 6.45) is 2.25. The van der Waals surface area contributed by atoms with Crippen molar-refractivity contribution in [3.63, 3.8) is 0 Å². The van der Waals surface area contributed by atoms with Gasteiger partial charge in [-0.2, -0.15) is 0 Å². The third kappa shape index (κ3) is 6.00. The highest BCUT2D eigenvalue weighted by atomic mass is 16.2. The smallest absolute Gasteiger partial charge is 0.315 e. The van der Waals surface area contributed by atoms with E-state index in [0.717, 1.165) is 12.8 Å². The maximum atomic E-state index is 13.9. The fourth-order valence-corrected chi connectivity index (χ4v) is 5.48. The number of piperidine rings is 1. The van der Waals surface area contributed by atoms with Gasteiger partial charge in [0.05, 0.1) is 6.04 Å². The Hall–Kier alpha value is -2.65. The fraction of sp³-hybridized carbons (Fsp3) is 0.808. The van der Waals surface area contributed by atoms with Gasteiger partial charge in [-0.25, -0.2) is 4.79 Å². The summed E-state index contributed by atoms with van der Waals surface area (Å²) in [5, 5.41) is 8.40. The molecule has 1 heterocycles. The maximum absolute atomic E-state index is 13.9. The minimum Gasteiger partial charge on any atom is -0.363 e. The van der Waals surface area contributed by atoms with E-state index in [1.165, 1.54) is 0 Å². The Bertz CT molecular complexity index is 943. The predicted octanol–water partition coefficient (Wildman–Crippen LogP) is 1.32. The van der Waals surface area contributed by atoms with E-state index < -0.39 is 52.7 Å². The van der Waals surface area contributed by atoms with Crippen LogP contribution < -0.4 is 21.7 Å². The first-order valence-electron chi connectivity index (χ1n) is 12.9. The lowest BCUT2D eigenvalue weighted by molar-refractivity contribution is -0.145. The topological polar surface area (TPSA) is 151 Å². The standard InChI is InChI=1S/C26H43N5O5/c1-24(2,3)19(29-23(36)30-25(4,5)6)22(35)31-12-14-16(26(14,7)8)17(31)21(34)28-15(11-13-9-10-13)18(32)20(27)33/h13-17,19H,9-12H2,1-8H3,(H2,27,33)(H,28,34)(H2,29,30,36)/t14-,15+,16-,17-,19+/m0/s1. The first kappa shape index (κ1) is 27.9. The van der Waals surface area contributed by atoms with E-state index in [0.29, 0.717) is 13.0 Å². The van der Waals surface area contributed by atoms with E-state index in [9.17, 15) is 24.0 Å². The molecule has 0 unspecified atom stereocenters. The number of Topliss-reactive ketones (excluding diaryl/α,β-unsaturated/α-hetero) is 1. The van der Waals surface area contributed by atoms with Crippen LogP contribution in [0.5, 0.6) is 0 Å². The molecular formula is C26H43N5O5. The molecule has 5 N–H and O–H groups in total. The highest BCUT2D eigenvalue weighted by Crippen LogP contribution is 2.65. The lowest BCUT2D eigenvalue weighted by atomic mass is 9.85. The van der Waals surface area contributed by atoms with Crippen LogP contribution in [0.25, 0.3) is 0 Å². The molecule has 5 amide bonds. The van der Waals surface area contributed by atoms with Crippen LogP contribution in [0.2, 0.25) is 0 Å². The van der Waals surface area contributed by atoms with Crippen LogP contribution >= 0.6 is 0 Å². The lowest BCUT2D eigenvalue weighted by Crippen LogP contribution is -2.62. The molecule has 0 radical (unpaired) electrons. The molecule has 10 heteroatoms. The van der Waals surface area contributed by atoms with Crippen molar-refractivity contribution in [1.29, 1.82) is 0 Å². The zero-order chi connectivity index (χ0) is 27.4. The first-order chi connectivity index (χ1) is 16.3. The molecule has 36 heavy (non-hydrogen) atoms. The Balaban J connectivity index is 1.83. The molecule has 0 aromatic rings. The number of urea groups is 1. The number of rotatable bonds is 8. The van der Waals surface area contributed by atoms with Crippen LogP contribution in [0.1, 0.15) is 74.7 Å². The van der Waals surface area contributed by atoms with Gasteiger partial charge in [-0.3, -0.25) is 19.2 Å². The van der Waals surface area contributed by atoms with Gasteiger partial charge in [-0.05, 0) is 55.8 Å².